The van der Waals surface area contributed by atoms with Crippen LogP contribution in [0.4, 0.5) is 0 Å². The SMILES string of the molecule is CC(C)(C)c1ccc(OCCCC(=O)NC2CCC(N)CC2)cc1. The molecule has 4 heteroatoms. The molecule has 1 amide bonds. The lowest BCUT2D eigenvalue weighted by atomic mass is 9.87. The molecule has 1 aliphatic rings. The van der Waals surface area contributed by atoms with Gasteiger partial charge in [-0.05, 0) is 55.2 Å². The van der Waals surface area contributed by atoms with Gasteiger partial charge in [0.05, 0.1) is 6.61 Å². The zero-order chi connectivity index (χ0) is 17.6. The molecular formula is C20H32N2O2. The summed E-state index contributed by atoms with van der Waals surface area (Å²) in [6.45, 7) is 7.16. The normalized spacial score (nSPS) is 21.3. The van der Waals surface area contributed by atoms with Crippen molar-refractivity contribution in [3.63, 3.8) is 0 Å². The van der Waals surface area contributed by atoms with E-state index in [0.29, 0.717) is 25.1 Å². The number of nitrogens with two attached hydrogens (primary N) is 1. The van der Waals surface area contributed by atoms with Crippen molar-refractivity contribution in [2.75, 3.05) is 6.61 Å². The van der Waals surface area contributed by atoms with Gasteiger partial charge in [-0.2, -0.15) is 0 Å². The molecule has 3 N–H and O–H groups in total. The lowest BCUT2D eigenvalue weighted by molar-refractivity contribution is -0.122. The zero-order valence-electron chi connectivity index (χ0n) is 15.3. The summed E-state index contributed by atoms with van der Waals surface area (Å²) >= 11 is 0. The lowest BCUT2D eigenvalue weighted by Crippen LogP contribution is -2.40. The minimum Gasteiger partial charge on any atom is -0.494 e. The first kappa shape index (κ1) is 18.8. The molecule has 0 saturated heterocycles. The molecule has 1 aliphatic carbocycles. The van der Waals surface area contributed by atoms with E-state index in [-0.39, 0.29) is 11.3 Å². The van der Waals surface area contributed by atoms with Crippen molar-refractivity contribution in [1.82, 2.24) is 5.32 Å². The summed E-state index contributed by atoms with van der Waals surface area (Å²) in [5.41, 5.74) is 7.33. The quantitative estimate of drug-likeness (QED) is 0.783. The second kappa shape index (κ2) is 8.52. The lowest BCUT2D eigenvalue weighted by Gasteiger charge is -2.26. The smallest absolute Gasteiger partial charge is 0.220 e. The third-order valence-electron chi connectivity index (χ3n) is 4.67. The van der Waals surface area contributed by atoms with Gasteiger partial charge in [-0.3, -0.25) is 4.79 Å². The molecule has 4 nitrogen and oxygen atoms in total. The van der Waals surface area contributed by atoms with Crippen molar-refractivity contribution in [1.29, 1.82) is 0 Å². The van der Waals surface area contributed by atoms with Crippen LogP contribution < -0.4 is 15.8 Å². The number of carbonyl (C=O) groups excluding carboxylic acids is 1. The Balaban J connectivity index is 1.63. The first-order chi connectivity index (χ1) is 11.3. The zero-order valence-corrected chi connectivity index (χ0v) is 15.3. The maximum absolute atomic E-state index is 12.0. The second-order valence-corrected chi connectivity index (χ2v) is 7.91. The molecule has 0 bridgehead atoms. The Morgan fingerprint density at radius 3 is 2.38 bits per heavy atom. The Morgan fingerprint density at radius 1 is 1.17 bits per heavy atom. The molecule has 134 valence electrons. The molecule has 1 aromatic rings. The van der Waals surface area contributed by atoms with Crippen LogP contribution >= 0.6 is 0 Å². The van der Waals surface area contributed by atoms with Crippen molar-refractivity contribution in [2.24, 2.45) is 5.73 Å². The van der Waals surface area contributed by atoms with Gasteiger partial charge in [0, 0.05) is 18.5 Å². The minimum atomic E-state index is 0.127. The van der Waals surface area contributed by atoms with Gasteiger partial charge in [-0.25, -0.2) is 0 Å². The Bertz CT molecular complexity index is 511. The number of carbonyl (C=O) groups is 1. The average molecular weight is 332 g/mol. The maximum atomic E-state index is 12.0. The molecule has 0 aliphatic heterocycles. The number of ether oxygens (including phenoxy) is 1. The number of hydrogen-bond acceptors (Lipinski definition) is 3. The van der Waals surface area contributed by atoms with Crippen LogP contribution in [-0.4, -0.2) is 24.6 Å². The van der Waals surface area contributed by atoms with Crippen molar-refractivity contribution in [2.45, 2.75) is 76.8 Å². The highest BCUT2D eigenvalue weighted by atomic mass is 16.5. The van der Waals surface area contributed by atoms with Gasteiger partial charge in [0.25, 0.3) is 0 Å². The fourth-order valence-corrected chi connectivity index (χ4v) is 3.04. The van der Waals surface area contributed by atoms with Crippen molar-refractivity contribution in [3.05, 3.63) is 29.8 Å². The van der Waals surface area contributed by atoms with E-state index in [4.69, 9.17) is 10.5 Å². The number of nitrogens with one attached hydrogen (secondary N) is 1. The number of hydrogen-bond donors (Lipinski definition) is 2. The van der Waals surface area contributed by atoms with Gasteiger partial charge in [0.2, 0.25) is 5.91 Å². The topological polar surface area (TPSA) is 64.3 Å². The molecule has 0 aromatic heterocycles. The van der Waals surface area contributed by atoms with Crippen LogP contribution in [0.5, 0.6) is 5.75 Å². The maximum Gasteiger partial charge on any atom is 0.220 e. The molecular weight excluding hydrogens is 300 g/mol. The summed E-state index contributed by atoms with van der Waals surface area (Å²) in [5, 5.41) is 3.11. The van der Waals surface area contributed by atoms with E-state index in [1.54, 1.807) is 0 Å². The molecule has 0 unspecified atom stereocenters. The van der Waals surface area contributed by atoms with Crippen LogP contribution in [0.3, 0.4) is 0 Å². The van der Waals surface area contributed by atoms with E-state index < -0.39 is 0 Å². The van der Waals surface area contributed by atoms with Crippen LogP contribution in [0.2, 0.25) is 0 Å². The van der Waals surface area contributed by atoms with Crippen LogP contribution in [0.1, 0.15) is 64.9 Å². The van der Waals surface area contributed by atoms with E-state index in [1.807, 2.05) is 12.1 Å². The van der Waals surface area contributed by atoms with Gasteiger partial charge in [0.1, 0.15) is 5.75 Å². The van der Waals surface area contributed by atoms with E-state index in [2.05, 4.69) is 38.2 Å². The van der Waals surface area contributed by atoms with Crippen LogP contribution in [-0.2, 0) is 10.2 Å². The highest BCUT2D eigenvalue weighted by Crippen LogP contribution is 2.24. The first-order valence-corrected chi connectivity index (χ1v) is 9.13. The summed E-state index contributed by atoms with van der Waals surface area (Å²) in [6, 6.07) is 8.85. The van der Waals surface area contributed by atoms with E-state index in [0.717, 1.165) is 37.9 Å². The van der Waals surface area contributed by atoms with Gasteiger partial charge in [-0.1, -0.05) is 32.9 Å². The number of benzene rings is 1. The summed E-state index contributed by atoms with van der Waals surface area (Å²) in [6.07, 6.45) is 5.28. The highest BCUT2D eigenvalue weighted by Gasteiger charge is 2.19. The predicted octanol–water partition coefficient (Wildman–Crippen LogP) is 3.53. The predicted molar refractivity (Wildman–Crippen MR) is 98.2 cm³/mol. The summed E-state index contributed by atoms with van der Waals surface area (Å²) in [7, 11) is 0. The van der Waals surface area contributed by atoms with Gasteiger partial charge >= 0.3 is 0 Å². The van der Waals surface area contributed by atoms with Crippen molar-refractivity contribution >= 4 is 5.91 Å². The van der Waals surface area contributed by atoms with Gasteiger partial charge in [0.15, 0.2) is 0 Å². The Labute approximate surface area is 146 Å². The fourth-order valence-electron chi connectivity index (χ4n) is 3.04. The largest absolute Gasteiger partial charge is 0.494 e. The molecule has 1 saturated carbocycles. The summed E-state index contributed by atoms with van der Waals surface area (Å²) in [4.78, 5) is 12.0. The molecule has 2 rings (SSSR count). The van der Waals surface area contributed by atoms with Gasteiger partial charge in [-0.15, -0.1) is 0 Å². The summed E-state index contributed by atoms with van der Waals surface area (Å²) in [5.74, 6) is 0.992. The number of rotatable bonds is 6. The second-order valence-electron chi connectivity index (χ2n) is 7.91. The van der Waals surface area contributed by atoms with Crippen LogP contribution in [0, 0.1) is 0 Å². The van der Waals surface area contributed by atoms with E-state index >= 15 is 0 Å². The Hall–Kier alpha value is -1.55. The third kappa shape index (κ3) is 6.16. The monoisotopic (exact) mass is 332 g/mol. The fraction of sp³-hybridized carbons (Fsp3) is 0.650. The molecule has 0 spiro atoms. The van der Waals surface area contributed by atoms with Crippen LogP contribution in [0.25, 0.3) is 0 Å². The molecule has 0 atom stereocenters. The molecule has 0 radical (unpaired) electrons. The van der Waals surface area contributed by atoms with E-state index in [9.17, 15) is 4.79 Å². The van der Waals surface area contributed by atoms with E-state index in [1.165, 1.54) is 5.56 Å². The third-order valence-corrected chi connectivity index (χ3v) is 4.67. The highest BCUT2D eigenvalue weighted by molar-refractivity contribution is 5.76. The molecule has 0 heterocycles. The molecule has 24 heavy (non-hydrogen) atoms. The number of amides is 1. The Kier molecular flexibility index (Phi) is 6.67. The van der Waals surface area contributed by atoms with Crippen molar-refractivity contribution < 1.29 is 9.53 Å². The molecule has 1 fully saturated rings. The Morgan fingerprint density at radius 2 is 1.79 bits per heavy atom. The standard InChI is InChI=1S/C20H32N2O2/c1-20(2,3)15-6-12-18(13-7-15)24-14-4-5-19(23)22-17-10-8-16(21)9-11-17/h6-7,12-13,16-17H,4-5,8-11,14,21H2,1-3H3,(H,22,23). The summed E-state index contributed by atoms with van der Waals surface area (Å²) < 4.78 is 5.73. The van der Waals surface area contributed by atoms with Crippen molar-refractivity contribution in [3.8, 4) is 5.75 Å². The minimum absolute atomic E-state index is 0.127. The van der Waals surface area contributed by atoms with Gasteiger partial charge < -0.3 is 15.8 Å². The van der Waals surface area contributed by atoms with Crippen LogP contribution in [0.15, 0.2) is 24.3 Å². The molecule has 1 aromatic carbocycles. The average Bonchev–Trinajstić information content (AvgIpc) is 2.53. The first-order valence-electron chi connectivity index (χ1n) is 9.13.